The first-order chi connectivity index (χ1) is 11.3. The standard InChI is InChI=1S/C18H24N2O3/c21-18(11-14-5-1-2-6-14)20-16-8-10-22-13-17(16)23-12-15-7-3-4-9-19-15/h3-5,7,9,16-17H,1-2,6,8,10-13H2,(H,20,21)/t16-,17-/m1/s1. The Kier molecular flexibility index (Phi) is 5.77. The highest BCUT2D eigenvalue weighted by atomic mass is 16.5. The van der Waals surface area contributed by atoms with Crippen molar-refractivity contribution in [3.05, 3.63) is 41.7 Å². The van der Waals surface area contributed by atoms with E-state index in [2.05, 4.69) is 16.4 Å². The van der Waals surface area contributed by atoms with Crippen molar-refractivity contribution in [3.63, 3.8) is 0 Å². The smallest absolute Gasteiger partial charge is 0.224 e. The van der Waals surface area contributed by atoms with Crippen LogP contribution in [0, 0.1) is 0 Å². The molecule has 1 aromatic rings. The summed E-state index contributed by atoms with van der Waals surface area (Å²) in [4.78, 5) is 16.5. The Labute approximate surface area is 137 Å². The molecule has 1 fully saturated rings. The predicted molar refractivity (Wildman–Crippen MR) is 86.7 cm³/mol. The second-order valence-electron chi connectivity index (χ2n) is 6.14. The van der Waals surface area contributed by atoms with Gasteiger partial charge in [0, 0.05) is 19.2 Å². The average molecular weight is 316 g/mol. The fourth-order valence-corrected chi connectivity index (χ4v) is 3.08. The third-order valence-electron chi connectivity index (χ3n) is 4.34. The van der Waals surface area contributed by atoms with Crippen LogP contribution in [0.4, 0.5) is 0 Å². The van der Waals surface area contributed by atoms with Crippen LogP contribution >= 0.6 is 0 Å². The minimum Gasteiger partial charge on any atom is -0.379 e. The van der Waals surface area contributed by atoms with Gasteiger partial charge in [0.05, 0.1) is 24.9 Å². The Morgan fingerprint density at radius 3 is 3.17 bits per heavy atom. The van der Waals surface area contributed by atoms with Crippen LogP contribution in [0.3, 0.4) is 0 Å². The van der Waals surface area contributed by atoms with Gasteiger partial charge in [-0.2, -0.15) is 0 Å². The summed E-state index contributed by atoms with van der Waals surface area (Å²) >= 11 is 0. The summed E-state index contributed by atoms with van der Waals surface area (Å²) in [5, 5.41) is 3.13. The van der Waals surface area contributed by atoms with Gasteiger partial charge in [0.25, 0.3) is 0 Å². The van der Waals surface area contributed by atoms with E-state index in [1.54, 1.807) is 6.20 Å². The third kappa shape index (κ3) is 4.88. The Balaban J connectivity index is 1.50. The van der Waals surface area contributed by atoms with Gasteiger partial charge in [0.15, 0.2) is 0 Å². The molecule has 23 heavy (non-hydrogen) atoms. The lowest BCUT2D eigenvalue weighted by Gasteiger charge is -2.32. The lowest BCUT2D eigenvalue weighted by molar-refractivity contribution is -0.126. The van der Waals surface area contributed by atoms with Crippen LogP contribution in [0.5, 0.6) is 0 Å². The summed E-state index contributed by atoms with van der Waals surface area (Å²) in [6, 6.07) is 5.78. The number of hydrogen-bond donors (Lipinski definition) is 1. The van der Waals surface area contributed by atoms with Crippen LogP contribution in [0.1, 0.15) is 37.8 Å². The second kappa shape index (κ2) is 8.22. The molecule has 1 N–H and O–H groups in total. The topological polar surface area (TPSA) is 60.5 Å². The molecule has 0 radical (unpaired) electrons. The molecule has 1 aliphatic heterocycles. The Bertz CT molecular complexity index is 544. The first kappa shape index (κ1) is 16.1. The van der Waals surface area contributed by atoms with Gasteiger partial charge in [0.2, 0.25) is 5.91 Å². The molecule has 3 rings (SSSR count). The maximum absolute atomic E-state index is 12.2. The van der Waals surface area contributed by atoms with E-state index in [-0.39, 0.29) is 18.1 Å². The normalized spacial score (nSPS) is 24.3. The number of hydrogen-bond acceptors (Lipinski definition) is 4. The van der Waals surface area contributed by atoms with E-state index in [4.69, 9.17) is 9.47 Å². The van der Waals surface area contributed by atoms with Crippen molar-refractivity contribution < 1.29 is 14.3 Å². The maximum Gasteiger partial charge on any atom is 0.224 e. The number of pyridine rings is 1. The lowest BCUT2D eigenvalue weighted by atomic mass is 10.0. The Hall–Kier alpha value is -1.72. The highest BCUT2D eigenvalue weighted by Gasteiger charge is 2.28. The molecule has 5 heteroatoms. The summed E-state index contributed by atoms with van der Waals surface area (Å²) in [5.74, 6) is 0.0940. The van der Waals surface area contributed by atoms with Crippen LogP contribution in [-0.4, -0.2) is 36.3 Å². The molecule has 0 bridgehead atoms. The van der Waals surface area contributed by atoms with E-state index in [1.165, 1.54) is 12.0 Å². The van der Waals surface area contributed by atoms with Crippen LogP contribution in [0.2, 0.25) is 0 Å². The SMILES string of the molecule is O=C(CC1=CCCC1)N[C@@H]1CCOC[C@H]1OCc1ccccn1. The molecule has 0 unspecified atom stereocenters. The van der Waals surface area contributed by atoms with Crippen molar-refractivity contribution in [1.82, 2.24) is 10.3 Å². The van der Waals surface area contributed by atoms with Crippen molar-refractivity contribution in [2.75, 3.05) is 13.2 Å². The van der Waals surface area contributed by atoms with Crippen LogP contribution in [-0.2, 0) is 20.9 Å². The fourth-order valence-electron chi connectivity index (χ4n) is 3.08. The van der Waals surface area contributed by atoms with Crippen molar-refractivity contribution in [1.29, 1.82) is 0 Å². The molecule has 0 spiro atoms. The zero-order valence-corrected chi connectivity index (χ0v) is 13.4. The van der Waals surface area contributed by atoms with Crippen molar-refractivity contribution in [2.45, 2.75) is 50.9 Å². The fraction of sp³-hybridized carbons (Fsp3) is 0.556. The van der Waals surface area contributed by atoms with Gasteiger partial charge < -0.3 is 14.8 Å². The number of nitrogens with zero attached hydrogens (tertiary/aromatic N) is 1. The number of carbonyl (C=O) groups is 1. The Morgan fingerprint density at radius 2 is 2.39 bits per heavy atom. The minimum absolute atomic E-state index is 0.0157. The zero-order chi connectivity index (χ0) is 15.9. The first-order valence-electron chi connectivity index (χ1n) is 8.38. The van der Waals surface area contributed by atoms with E-state index >= 15 is 0 Å². The minimum atomic E-state index is -0.118. The Morgan fingerprint density at radius 1 is 1.43 bits per heavy atom. The van der Waals surface area contributed by atoms with Crippen molar-refractivity contribution >= 4 is 5.91 Å². The molecule has 0 saturated carbocycles. The number of carbonyl (C=O) groups excluding carboxylic acids is 1. The summed E-state index contributed by atoms with van der Waals surface area (Å²) < 4.78 is 11.4. The molecule has 5 nitrogen and oxygen atoms in total. The number of allylic oxidation sites excluding steroid dienone is 1. The van der Waals surface area contributed by atoms with Gasteiger partial charge in [-0.3, -0.25) is 9.78 Å². The largest absolute Gasteiger partial charge is 0.379 e. The van der Waals surface area contributed by atoms with E-state index in [1.807, 2.05) is 18.2 Å². The highest BCUT2D eigenvalue weighted by Crippen LogP contribution is 2.21. The monoisotopic (exact) mass is 316 g/mol. The number of rotatable bonds is 6. The molecule has 1 aromatic heterocycles. The number of ether oxygens (including phenoxy) is 2. The van der Waals surface area contributed by atoms with Gasteiger partial charge in [-0.15, -0.1) is 0 Å². The van der Waals surface area contributed by atoms with E-state index in [0.29, 0.717) is 26.2 Å². The van der Waals surface area contributed by atoms with Gasteiger partial charge in [-0.05, 0) is 37.8 Å². The first-order valence-corrected chi connectivity index (χ1v) is 8.38. The molecule has 1 amide bonds. The van der Waals surface area contributed by atoms with Crippen LogP contribution in [0.25, 0.3) is 0 Å². The van der Waals surface area contributed by atoms with E-state index in [9.17, 15) is 4.79 Å². The molecule has 124 valence electrons. The molecular weight excluding hydrogens is 292 g/mol. The van der Waals surface area contributed by atoms with E-state index < -0.39 is 0 Å². The summed E-state index contributed by atoms with van der Waals surface area (Å²) in [7, 11) is 0. The van der Waals surface area contributed by atoms with Gasteiger partial charge >= 0.3 is 0 Å². The summed E-state index contributed by atoms with van der Waals surface area (Å²) in [6.07, 6.45) is 8.48. The molecule has 1 saturated heterocycles. The molecule has 2 heterocycles. The van der Waals surface area contributed by atoms with E-state index in [0.717, 1.165) is 25.0 Å². The number of amides is 1. The number of aromatic nitrogens is 1. The quantitative estimate of drug-likeness (QED) is 0.819. The number of nitrogens with one attached hydrogen (secondary N) is 1. The van der Waals surface area contributed by atoms with Crippen LogP contribution in [0.15, 0.2) is 36.0 Å². The highest BCUT2D eigenvalue weighted by molar-refractivity contribution is 5.79. The predicted octanol–water partition coefficient (Wildman–Crippen LogP) is 2.37. The lowest BCUT2D eigenvalue weighted by Crippen LogP contribution is -2.50. The van der Waals surface area contributed by atoms with Gasteiger partial charge in [-0.25, -0.2) is 0 Å². The maximum atomic E-state index is 12.2. The molecular formula is C18H24N2O3. The molecule has 1 aliphatic carbocycles. The van der Waals surface area contributed by atoms with Crippen molar-refractivity contribution in [2.24, 2.45) is 0 Å². The summed E-state index contributed by atoms with van der Waals surface area (Å²) in [6.45, 7) is 1.62. The van der Waals surface area contributed by atoms with Crippen molar-refractivity contribution in [3.8, 4) is 0 Å². The zero-order valence-electron chi connectivity index (χ0n) is 13.4. The van der Waals surface area contributed by atoms with Crippen LogP contribution < -0.4 is 5.32 Å². The molecule has 2 atom stereocenters. The summed E-state index contributed by atoms with van der Waals surface area (Å²) in [5.41, 5.74) is 2.15. The molecule has 0 aromatic carbocycles. The van der Waals surface area contributed by atoms with Gasteiger partial charge in [0.1, 0.15) is 6.10 Å². The average Bonchev–Trinajstić information content (AvgIpc) is 3.08. The second-order valence-corrected chi connectivity index (χ2v) is 6.14. The molecule has 2 aliphatic rings. The van der Waals surface area contributed by atoms with Gasteiger partial charge in [-0.1, -0.05) is 17.7 Å². The third-order valence-corrected chi connectivity index (χ3v) is 4.34.